The van der Waals surface area contributed by atoms with Gasteiger partial charge in [-0.15, -0.1) is 0 Å². The van der Waals surface area contributed by atoms with Crippen molar-refractivity contribution >= 4 is 65.7 Å². The Bertz CT molecular complexity index is 2760. The first-order valence-corrected chi connectivity index (χ1v) is 15.3. The fraction of sp³-hybridized carbons (Fsp3) is 0. The van der Waals surface area contributed by atoms with E-state index in [0.717, 1.165) is 71.7 Å². The molecule has 0 radical (unpaired) electrons. The zero-order chi connectivity index (χ0) is 29.5. The largest absolute Gasteiger partial charge is 0.456 e. The van der Waals surface area contributed by atoms with Crippen molar-refractivity contribution in [1.82, 2.24) is 4.57 Å². The monoisotopic (exact) mass is 575 g/mol. The lowest BCUT2D eigenvalue weighted by molar-refractivity contribution is 0.666. The van der Waals surface area contributed by atoms with Crippen LogP contribution >= 0.6 is 0 Å². The van der Waals surface area contributed by atoms with E-state index in [-0.39, 0.29) is 0 Å². The second kappa shape index (κ2) is 9.22. The molecule has 0 fully saturated rings. The highest BCUT2D eigenvalue weighted by Gasteiger charge is 2.19. The predicted octanol–water partition coefficient (Wildman–Crippen LogP) is 11.9. The van der Waals surface area contributed by atoms with Gasteiger partial charge in [-0.25, -0.2) is 0 Å². The fourth-order valence-electron chi connectivity index (χ4n) is 7.09. The van der Waals surface area contributed by atoms with Gasteiger partial charge in [0.2, 0.25) is 0 Å². The lowest BCUT2D eigenvalue weighted by Gasteiger charge is -2.09. The van der Waals surface area contributed by atoms with Gasteiger partial charge in [0.25, 0.3) is 0 Å². The summed E-state index contributed by atoms with van der Waals surface area (Å²) in [5, 5.41) is 6.92. The Morgan fingerprint density at radius 3 is 1.78 bits per heavy atom. The van der Waals surface area contributed by atoms with Crippen LogP contribution in [-0.2, 0) is 0 Å². The molecule has 3 nitrogen and oxygen atoms in total. The first-order chi connectivity index (χ1) is 22.3. The molecule has 3 heterocycles. The summed E-state index contributed by atoms with van der Waals surface area (Å²) in [4.78, 5) is 0. The van der Waals surface area contributed by atoms with E-state index in [1.807, 2.05) is 12.1 Å². The number of hydrogen-bond donors (Lipinski definition) is 0. The average Bonchev–Trinajstić information content (AvgIpc) is 3.77. The Labute approximate surface area is 258 Å². The zero-order valence-electron chi connectivity index (χ0n) is 24.2. The molecule has 7 aromatic carbocycles. The quantitative estimate of drug-likeness (QED) is 0.210. The minimum Gasteiger partial charge on any atom is -0.456 e. The number of para-hydroxylation sites is 3. The summed E-state index contributed by atoms with van der Waals surface area (Å²) in [5.41, 5.74) is 11.6. The second-order valence-electron chi connectivity index (χ2n) is 11.7. The third-order valence-corrected chi connectivity index (χ3v) is 9.21. The van der Waals surface area contributed by atoms with Crippen LogP contribution in [0, 0.1) is 0 Å². The maximum atomic E-state index is 6.69. The van der Waals surface area contributed by atoms with Crippen LogP contribution in [0.15, 0.2) is 160 Å². The maximum absolute atomic E-state index is 6.69. The molecule has 0 saturated carbocycles. The summed E-state index contributed by atoms with van der Waals surface area (Å²) in [6, 6.07) is 53.7. The van der Waals surface area contributed by atoms with Crippen LogP contribution in [0.2, 0.25) is 0 Å². The van der Waals surface area contributed by atoms with Gasteiger partial charge >= 0.3 is 0 Å². The van der Waals surface area contributed by atoms with Crippen LogP contribution in [0.3, 0.4) is 0 Å². The average molecular weight is 576 g/mol. The van der Waals surface area contributed by atoms with Crippen molar-refractivity contribution in [3.05, 3.63) is 152 Å². The lowest BCUT2D eigenvalue weighted by Crippen LogP contribution is -1.94. The van der Waals surface area contributed by atoms with Crippen molar-refractivity contribution in [1.29, 1.82) is 0 Å². The van der Waals surface area contributed by atoms with Crippen LogP contribution in [0.4, 0.5) is 0 Å². The zero-order valence-corrected chi connectivity index (χ0v) is 24.2. The third-order valence-electron chi connectivity index (χ3n) is 9.21. The van der Waals surface area contributed by atoms with Gasteiger partial charge in [-0.1, -0.05) is 103 Å². The molecule has 0 amide bonds. The fourth-order valence-corrected chi connectivity index (χ4v) is 7.09. The maximum Gasteiger partial charge on any atom is 0.159 e. The Hall–Kier alpha value is -6.06. The number of furan rings is 2. The molecule has 0 aliphatic rings. The van der Waals surface area contributed by atoms with Gasteiger partial charge in [0.15, 0.2) is 5.58 Å². The number of aromatic nitrogens is 1. The number of rotatable bonds is 3. The minimum absolute atomic E-state index is 0.877. The van der Waals surface area contributed by atoms with Crippen LogP contribution in [-0.4, -0.2) is 4.57 Å². The Morgan fingerprint density at radius 1 is 0.333 bits per heavy atom. The van der Waals surface area contributed by atoms with Crippen molar-refractivity contribution in [3.63, 3.8) is 0 Å². The Morgan fingerprint density at radius 2 is 0.933 bits per heavy atom. The molecule has 10 rings (SSSR count). The number of fused-ring (bicyclic) bond motifs is 9. The molecule has 10 aromatic rings. The Balaban J connectivity index is 1.19. The van der Waals surface area contributed by atoms with Crippen molar-refractivity contribution in [2.75, 3.05) is 0 Å². The molecular formula is C42H25NO2. The predicted molar refractivity (Wildman–Crippen MR) is 186 cm³/mol. The number of benzene rings is 7. The summed E-state index contributed by atoms with van der Waals surface area (Å²) in [6.45, 7) is 0. The molecule has 0 bridgehead atoms. The molecule has 3 aromatic heterocycles. The third kappa shape index (κ3) is 3.58. The summed E-state index contributed by atoms with van der Waals surface area (Å²) in [5.74, 6) is 0. The first kappa shape index (κ1) is 24.4. The van der Waals surface area contributed by atoms with Crippen molar-refractivity contribution < 1.29 is 8.83 Å². The molecule has 45 heavy (non-hydrogen) atoms. The Kier molecular flexibility index (Phi) is 5.00. The van der Waals surface area contributed by atoms with Gasteiger partial charge in [0.1, 0.15) is 16.7 Å². The van der Waals surface area contributed by atoms with E-state index in [0.29, 0.717) is 0 Å². The SMILES string of the molecule is c1ccc(-c2ccc3c4ccccc4n(-c4cccc5c4oc4ccc(-c6ccc7oc8ccccc8c7c6)cc45)c3c2)cc1. The minimum atomic E-state index is 0.877. The second-order valence-corrected chi connectivity index (χ2v) is 11.7. The standard InChI is InChI=1S/C42H25NO2/c1-2-9-26(10-3-1)29-17-20-31-30-11-4-6-14-36(30)43(38(31)25-29)37-15-8-13-33-35-24-28(19-22-41(35)45-42(33)37)27-18-21-40-34(23-27)32-12-5-7-16-39(32)44-40/h1-25H. The van der Waals surface area contributed by atoms with Gasteiger partial charge < -0.3 is 13.4 Å². The molecule has 0 spiro atoms. The van der Waals surface area contributed by atoms with E-state index in [9.17, 15) is 0 Å². The summed E-state index contributed by atoms with van der Waals surface area (Å²) >= 11 is 0. The summed E-state index contributed by atoms with van der Waals surface area (Å²) in [7, 11) is 0. The molecular weight excluding hydrogens is 550 g/mol. The van der Waals surface area contributed by atoms with E-state index in [1.165, 1.54) is 21.9 Å². The van der Waals surface area contributed by atoms with Crippen LogP contribution in [0.25, 0.3) is 93.6 Å². The van der Waals surface area contributed by atoms with Gasteiger partial charge in [-0.2, -0.15) is 0 Å². The molecule has 210 valence electrons. The van der Waals surface area contributed by atoms with Crippen molar-refractivity contribution in [2.45, 2.75) is 0 Å². The van der Waals surface area contributed by atoms with Crippen LogP contribution in [0.5, 0.6) is 0 Å². The molecule has 0 N–H and O–H groups in total. The van der Waals surface area contributed by atoms with Gasteiger partial charge in [0, 0.05) is 32.3 Å². The number of hydrogen-bond acceptors (Lipinski definition) is 2. The van der Waals surface area contributed by atoms with E-state index >= 15 is 0 Å². The van der Waals surface area contributed by atoms with E-state index in [2.05, 4.69) is 144 Å². The molecule has 0 aliphatic heterocycles. The molecule has 0 aliphatic carbocycles. The van der Waals surface area contributed by atoms with Crippen LogP contribution < -0.4 is 0 Å². The highest BCUT2D eigenvalue weighted by Crippen LogP contribution is 2.40. The van der Waals surface area contributed by atoms with E-state index in [4.69, 9.17) is 8.83 Å². The van der Waals surface area contributed by atoms with Crippen LogP contribution in [0.1, 0.15) is 0 Å². The van der Waals surface area contributed by atoms with Gasteiger partial charge in [0.05, 0.1) is 16.7 Å². The van der Waals surface area contributed by atoms with Gasteiger partial charge in [-0.05, 0) is 70.8 Å². The highest BCUT2D eigenvalue weighted by atomic mass is 16.3. The number of nitrogens with zero attached hydrogens (tertiary/aromatic N) is 1. The van der Waals surface area contributed by atoms with Crippen molar-refractivity contribution in [2.24, 2.45) is 0 Å². The summed E-state index contributed by atoms with van der Waals surface area (Å²) < 4.78 is 15.1. The van der Waals surface area contributed by atoms with E-state index in [1.54, 1.807) is 0 Å². The van der Waals surface area contributed by atoms with Gasteiger partial charge in [-0.3, -0.25) is 0 Å². The molecule has 0 saturated heterocycles. The topological polar surface area (TPSA) is 31.2 Å². The van der Waals surface area contributed by atoms with Crippen molar-refractivity contribution in [3.8, 4) is 27.9 Å². The molecule has 0 atom stereocenters. The smallest absolute Gasteiger partial charge is 0.159 e. The molecule has 0 unspecified atom stereocenters. The normalized spacial score (nSPS) is 12.0. The summed E-state index contributed by atoms with van der Waals surface area (Å²) in [6.07, 6.45) is 0. The van der Waals surface area contributed by atoms with E-state index < -0.39 is 0 Å². The first-order valence-electron chi connectivity index (χ1n) is 15.3. The lowest BCUT2D eigenvalue weighted by atomic mass is 10.0. The highest BCUT2D eigenvalue weighted by molar-refractivity contribution is 6.14. The molecule has 3 heteroatoms.